The monoisotopic (exact) mass is 220 g/mol. The fraction of sp³-hybridized carbons (Fsp3) is 0.400. The Morgan fingerprint density at radius 1 is 1.50 bits per heavy atom. The first-order chi connectivity index (χ1) is 7.69. The number of carbonyl (C=O) groups excluding carboxylic acids is 1. The van der Waals surface area contributed by atoms with E-state index in [0.717, 1.165) is 12.2 Å². The molecule has 2 rings (SSSR count). The maximum absolute atomic E-state index is 11.7. The number of furan rings is 1. The molecule has 84 valence electrons. The third kappa shape index (κ3) is 2.16. The minimum absolute atomic E-state index is 0.116. The highest BCUT2D eigenvalue weighted by Gasteiger charge is 2.14. The molecule has 6 heteroatoms. The van der Waals surface area contributed by atoms with Crippen LogP contribution in [0, 0.1) is 0 Å². The Morgan fingerprint density at radius 2 is 2.31 bits per heavy atom. The lowest BCUT2D eigenvalue weighted by Gasteiger charge is -1.92. The van der Waals surface area contributed by atoms with Crippen LogP contribution in [0.1, 0.15) is 29.1 Å². The molecule has 0 saturated heterocycles. The number of nitrogens with zero attached hydrogens (tertiary/aromatic N) is 4. The fourth-order valence-electron chi connectivity index (χ4n) is 1.34. The van der Waals surface area contributed by atoms with E-state index in [-0.39, 0.29) is 12.2 Å². The largest absolute Gasteiger partial charge is 0.458 e. The van der Waals surface area contributed by atoms with Crippen LogP contribution in [-0.4, -0.2) is 26.0 Å². The van der Waals surface area contributed by atoms with Gasteiger partial charge in [0, 0.05) is 6.42 Å². The quantitative estimate of drug-likeness (QED) is 0.712. The first-order valence-corrected chi connectivity index (χ1v) is 5.04. The fourth-order valence-corrected chi connectivity index (χ4v) is 1.34. The molecule has 0 atom stereocenters. The van der Waals surface area contributed by atoms with Gasteiger partial charge in [-0.15, -0.1) is 10.2 Å². The standard InChI is InChI=1S/C10H12N4O2/c1-3-7-4-5-9(16-7)8(15)6-10-11-13-14(2)12-10/h4-5H,3,6H2,1-2H3. The molecule has 0 unspecified atom stereocenters. The van der Waals surface area contributed by atoms with Crippen molar-refractivity contribution < 1.29 is 9.21 Å². The number of hydrogen-bond acceptors (Lipinski definition) is 5. The molecule has 0 saturated carbocycles. The molecule has 0 aliphatic rings. The number of ketones is 1. The lowest BCUT2D eigenvalue weighted by atomic mass is 10.2. The number of carbonyl (C=O) groups is 1. The van der Waals surface area contributed by atoms with Gasteiger partial charge in [-0.2, -0.15) is 4.80 Å². The zero-order chi connectivity index (χ0) is 11.5. The highest BCUT2D eigenvalue weighted by atomic mass is 16.3. The van der Waals surface area contributed by atoms with Crippen LogP contribution < -0.4 is 0 Å². The number of aryl methyl sites for hydroxylation is 2. The Labute approximate surface area is 92.3 Å². The van der Waals surface area contributed by atoms with E-state index < -0.39 is 0 Å². The van der Waals surface area contributed by atoms with Gasteiger partial charge in [0.25, 0.3) is 0 Å². The molecule has 0 N–H and O–H groups in total. The van der Waals surface area contributed by atoms with Crippen LogP contribution in [0.15, 0.2) is 16.5 Å². The molecule has 6 nitrogen and oxygen atoms in total. The zero-order valence-corrected chi connectivity index (χ0v) is 9.17. The topological polar surface area (TPSA) is 73.8 Å². The normalized spacial score (nSPS) is 10.6. The van der Waals surface area contributed by atoms with Crippen molar-refractivity contribution in [2.75, 3.05) is 0 Å². The summed E-state index contributed by atoms with van der Waals surface area (Å²) >= 11 is 0. The molecule has 0 amide bonds. The summed E-state index contributed by atoms with van der Waals surface area (Å²) in [7, 11) is 1.66. The maximum atomic E-state index is 11.7. The molecule has 0 bridgehead atoms. The molecule has 2 aromatic rings. The van der Waals surface area contributed by atoms with Crippen molar-refractivity contribution in [3.05, 3.63) is 29.5 Å². The minimum Gasteiger partial charge on any atom is -0.458 e. The number of Topliss-reactive ketones (excluding diaryl/α,β-unsaturated/α-hetero) is 1. The smallest absolute Gasteiger partial charge is 0.205 e. The molecule has 0 aliphatic heterocycles. The second-order valence-corrected chi connectivity index (χ2v) is 3.41. The molecular weight excluding hydrogens is 208 g/mol. The van der Waals surface area contributed by atoms with Crippen LogP contribution in [0.25, 0.3) is 0 Å². The van der Waals surface area contributed by atoms with Crippen LogP contribution >= 0.6 is 0 Å². The van der Waals surface area contributed by atoms with Crippen molar-refractivity contribution in [3.63, 3.8) is 0 Å². The van der Waals surface area contributed by atoms with E-state index in [4.69, 9.17) is 4.42 Å². The van der Waals surface area contributed by atoms with Gasteiger partial charge in [-0.1, -0.05) is 6.92 Å². The van der Waals surface area contributed by atoms with Gasteiger partial charge in [-0.3, -0.25) is 4.79 Å². The van der Waals surface area contributed by atoms with Gasteiger partial charge >= 0.3 is 0 Å². The maximum Gasteiger partial charge on any atom is 0.205 e. The van der Waals surface area contributed by atoms with Crippen molar-refractivity contribution in [2.45, 2.75) is 19.8 Å². The number of rotatable bonds is 4. The van der Waals surface area contributed by atoms with Crippen molar-refractivity contribution >= 4 is 5.78 Å². The van der Waals surface area contributed by atoms with Gasteiger partial charge < -0.3 is 4.42 Å². The summed E-state index contributed by atoms with van der Waals surface area (Å²) < 4.78 is 5.34. The molecule has 0 spiro atoms. The number of hydrogen-bond donors (Lipinski definition) is 0. The first kappa shape index (κ1) is 10.5. The predicted molar refractivity (Wildman–Crippen MR) is 54.9 cm³/mol. The van der Waals surface area contributed by atoms with Gasteiger partial charge in [0.2, 0.25) is 5.78 Å². The summed E-state index contributed by atoms with van der Waals surface area (Å²) in [5.41, 5.74) is 0. The minimum atomic E-state index is -0.132. The molecule has 0 radical (unpaired) electrons. The van der Waals surface area contributed by atoms with E-state index in [1.807, 2.05) is 6.92 Å². The van der Waals surface area contributed by atoms with E-state index >= 15 is 0 Å². The van der Waals surface area contributed by atoms with E-state index in [1.54, 1.807) is 19.2 Å². The SMILES string of the molecule is CCc1ccc(C(=O)Cc2nnn(C)n2)o1. The lowest BCUT2D eigenvalue weighted by molar-refractivity contribution is 0.0962. The summed E-state index contributed by atoms with van der Waals surface area (Å²) in [5, 5.41) is 11.3. The Hall–Kier alpha value is -1.98. The average Bonchev–Trinajstić information content (AvgIpc) is 2.87. The highest BCUT2D eigenvalue weighted by molar-refractivity contribution is 5.94. The van der Waals surface area contributed by atoms with Gasteiger partial charge in [-0.25, -0.2) is 0 Å². The number of aromatic nitrogens is 4. The van der Waals surface area contributed by atoms with Crippen molar-refractivity contribution in [2.24, 2.45) is 7.05 Å². The average molecular weight is 220 g/mol. The van der Waals surface area contributed by atoms with Crippen molar-refractivity contribution in [1.29, 1.82) is 0 Å². The van der Waals surface area contributed by atoms with Crippen LogP contribution in [-0.2, 0) is 19.9 Å². The number of tetrazole rings is 1. The zero-order valence-electron chi connectivity index (χ0n) is 9.17. The summed E-state index contributed by atoms with van der Waals surface area (Å²) in [5.74, 6) is 1.43. The predicted octanol–water partition coefficient (Wildman–Crippen LogP) is 0.791. The van der Waals surface area contributed by atoms with Crippen LogP contribution in [0.4, 0.5) is 0 Å². The first-order valence-electron chi connectivity index (χ1n) is 5.04. The van der Waals surface area contributed by atoms with Gasteiger partial charge in [0.1, 0.15) is 5.76 Å². The molecule has 2 heterocycles. The van der Waals surface area contributed by atoms with Gasteiger partial charge in [0.15, 0.2) is 11.6 Å². The summed E-state index contributed by atoms with van der Waals surface area (Å²) in [4.78, 5) is 13.1. The van der Waals surface area contributed by atoms with Crippen LogP contribution in [0.2, 0.25) is 0 Å². The Kier molecular flexibility index (Phi) is 2.80. The summed E-state index contributed by atoms with van der Waals surface area (Å²) in [6, 6.07) is 3.48. The van der Waals surface area contributed by atoms with E-state index in [0.29, 0.717) is 11.6 Å². The summed E-state index contributed by atoms with van der Waals surface area (Å²) in [6.07, 6.45) is 0.890. The third-order valence-corrected chi connectivity index (χ3v) is 2.15. The van der Waals surface area contributed by atoms with Gasteiger partial charge in [0.05, 0.1) is 13.5 Å². The van der Waals surface area contributed by atoms with Crippen molar-refractivity contribution in [1.82, 2.24) is 20.2 Å². The van der Waals surface area contributed by atoms with Gasteiger partial charge in [-0.05, 0) is 17.3 Å². The summed E-state index contributed by atoms with van der Waals surface area (Å²) in [6.45, 7) is 1.97. The Balaban J connectivity index is 2.08. The Bertz CT molecular complexity index is 500. The second-order valence-electron chi connectivity index (χ2n) is 3.41. The lowest BCUT2D eigenvalue weighted by Crippen LogP contribution is -2.04. The highest BCUT2D eigenvalue weighted by Crippen LogP contribution is 2.10. The molecule has 0 aromatic carbocycles. The van der Waals surface area contributed by atoms with Crippen LogP contribution in [0.5, 0.6) is 0 Å². The third-order valence-electron chi connectivity index (χ3n) is 2.15. The molecular formula is C10H12N4O2. The molecule has 0 fully saturated rings. The Morgan fingerprint density at radius 3 is 2.88 bits per heavy atom. The molecule has 2 aromatic heterocycles. The van der Waals surface area contributed by atoms with Crippen LogP contribution in [0.3, 0.4) is 0 Å². The molecule has 16 heavy (non-hydrogen) atoms. The van der Waals surface area contributed by atoms with E-state index in [2.05, 4.69) is 15.4 Å². The second kappa shape index (κ2) is 4.26. The van der Waals surface area contributed by atoms with E-state index in [1.165, 1.54) is 4.80 Å². The van der Waals surface area contributed by atoms with Crippen molar-refractivity contribution in [3.8, 4) is 0 Å². The van der Waals surface area contributed by atoms with E-state index in [9.17, 15) is 4.79 Å². The molecule has 0 aliphatic carbocycles.